The molecule has 0 saturated heterocycles. The molecule has 4 heteroatoms. The zero-order valence-electron chi connectivity index (χ0n) is 12.1. The van der Waals surface area contributed by atoms with Crippen LogP contribution in [0, 0.1) is 0 Å². The monoisotopic (exact) mass is 284 g/mol. The predicted molar refractivity (Wildman–Crippen MR) is 84.8 cm³/mol. The minimum Gasteiger partial charge on any atom is -0.492 e. The first-order valence-electron chi connectivity index (χ1n) is 7.09. The van der Waals surface area contributed by atoms with Gasteiger partial charge in [0.1, 0.15) is 12.4 Å². The van der Waals surface area contributed by atoms with Gasteiger partial charge in [0.2, 0.25) is 0 Å². The first-order valence-corrected chi connectivity index (χ1v) is 7.09. The van der Waals surface area contributed by atoms with Gasteiger partial charge >= 0.3 is 6.03 Å². The van der Waals surface area contributed by atoms with E-state index in [-0.39, 0.29) is 6.03 Å². The summed E-state index contributed by atoms with van der Waals surface area (Å²) in [6, 6.07) is 17.1. The molecule has 0 aromatic heterocycles. The number of amides is 2. The molecule has 0 aliphatic heterocycles. The third-order valence-electron chi connectivity index (χ3n) is 2.99. The maximum atomic E-state index is 11.6. The molecule has 2 N–H and O–H groups in total. The van der Waals surface area contributed by atoms with E-state index >= 15 is 0 Å². The lowest BCUT2D eigenvalue weighted by atomic mass is 10.2. The van der Waals surface area contributed by atoms with Crippen molar-refractivity contribution in [3.8, 4) is 5.75 Å². The number of ether oxygens (including phenoxy) is 1. The summed E-state index contributed by atoms with van der Waals surface area (Å²) in [5.41, 5.74) is 2.01. The van der Waals surface area contributed by atoms with Crippen molar-refractivity contribution in [1.29, 1.82) is 0 Å². The van der Waals surface area contributed by atoms with Crippen LogP contribution in [0.2, 0.25) is 0 Å². The van der Waals surface area contributed by atoms with Gasteiger partial charge in [0.25, 0.3) is 0 Å². The molecule has 0 aliphatic carbocycles. The summed E-state index contributed by atoms with van der Waals surface area (Å²) < 4.78 is 5.61. The van der Waals surface area contributed by atoms with Gasteiger partial charge in [0.15, 0.2) is 0 Å². The number of nitrogens with one attached hydrogen (secondary N) is 2. The molecule has 0 radical (unpaired) electrons. The molecule has 2 aromatic rings. The number of hydrogen-bond donors (Lipinski definition) is 2. The van der Waals surface area contributed by atoms with Gasteiger partial charge in [-0.1, -0.05) is 37.3 Å². The first-order chi connectivity index (χ1) is 10.3. The summed E-state index contributed by atoms with van der Waals surface area (Å²) in [5.74, 6) is 0.833. The number of hydrogen-bond acceptors (Lipinski definition) is 2. The Morgan fingerprint density at radius 1 is 1.10 bits per heavy atom. The quantitative estimate of drug-likeness (QED) is 0.798. The second-order valence-electron chi connectivity index (χ2n) is 4.60. The van der Waals surface area contributed by atoms with Crippen molar-refractivity contribution < 1.29 is 9.53 Å². The van der Waals surface area contributed by atoms with Gasteiger partial charge in [-0.15, -0.1) is 0 Å². The predicted octanol–water partition coefficient (Wildman–Crippen LogP) is 3.45. The van der Waals surface area contributed by atoms with Gasteiger partial charge in [0, 0.05) is 5.69 Å². The Morgan fingerprint density at radius 2 is 1.90 bits per heavy atom. The maximum absolute atomic E-state index is 11.6. The van der Waals surface area contributed by atoms with E-state index in [1.54, 1.807) is 0 Å². The molecule has 0 heterocycles. The molecule has 0 aliphatic rings. The molecule has 2 rings (SSSR count). The lowest BCUT2D eigenvalue weighted by Gasteiger charge is -2.09. The minimum atomic E-state index is -0.230. The normalized spacial score (nSPS) is 9.95. The van der Waals surface area contributed by atoms with Crippen LogP contribution >= 0.6 is 0 Å². The number of aryl methyl sites for hydroxylation is 1. The maximum Gasteiger partial charge on any atom is 0.319 e. The molecule has 2 aromatic carbocycles. The third kappa shape index (κ3) is 5.18. The van der Waals surface area contributed by atoms with Crippen LogP contribution in [0.5, 0.6) is 5.75 Å². The van der Waals surface area contributed by atoms with E-state index in [1.807, 2.05) is 48.5 Å². The largest absolute Gasteiger partial charge is 0.492 e. The number of carbonyl (C=O) groups excluding carboxylic acids is 1. The molecule has 0 spiro atoms. The van der Waals surface area contributed by atoms with Crippen LogP contribution in [0.3, 0.4) is 0 Å². The van der Waals surface area contributed by atoms with Gasteiger partial charge in [-0.2, -0.15) is 0 Å². The SMILES string of the molecule is CCc1cccc(OCCNC(=O)Nc2ccccc2)c1. The number of rotatable bonds is 6. The summed E-state index contributed by atoms with van der Waals surface area (Å²) in [7, 11) is 0. The van der Waals surface area contributed by atoms with E-state index in [4.69, 9.17) is 4.74 Å². The van der Waals surface area contributed by atoms with Gasteiger partial charge in [-0.05, 0) is 36.2 Å². The van der Waals surface area contributed by atoms with Crippen LogP contribution in [0.25, 0.3) is 0 Å². The van der Waals surface area contributed by atoms with Gasteiger partial charge in [0.05, 0.1) is 6.54 Å². The molecular formula is C17H20N2O2. The van der Waals surface area contributed by atoms with Crippen molar-refractivity contribution in [1.82, 2.24) is 5.32 Å². The zero-order chi connectivity index (χ0) is 14.9. The standard InChI is InChI=1S/C17H20N2O2/c1-2-14-7-6-10-16(13-14)21-12-11-18-17(20)19-15-8-4-3-5-9-15/h3-10,13H,2,11-12H2,1H3,(H2,18,19,20). The molecule has 0 atom stereocenters. The Labute approximate surface area is 125 Å². The Hall–Kier alpha value is -2.49. The molecule has 110 valence electrons. The molecule has 0 fully saturated rings. The van der Waals surface area contributed by atoms with Crippen molar-refractivity contribution in [3.05, 3.63) is 60.2 Å². The average molecular weight is 284 g/mol. The molecule has 21 heavy (non-hydrogen) atoms. The van der Waals surface area contributed by atoms with Crippen LogP contribution in [-0.2, 0) is 6.42 Å². The van der Waals surface area contributed by atoms with Gasteiger partial charge in [-0.25, -0.2) is 4.79 Å². The number of anilines is 1. The Balaban J connectivity index is 1.68. The van der Waals surface area contributed by atoms with Crippen LogP contribution in [0.4, 0.5) is 10.5 Å². The zero-order valence-corrected chi connectivity index (χ0v) is 12.1. The summed E-state index contributed by atoms with van der Waals surface area (Å²) >= 11 is 0. The topological polar surface area (TPSA) is 50.4 Å². The number of carbonyl (C=O) groups is 1. The second kappa shape index (κ2) is 7.94. The second-order valence-corrected chi connectivity index (χ2v) is 4.60. The fourth-order valence-corrected chi connectivity index (χ4v) is 1.89. The lowest BCUT2D eigenvalue weighted by Crippen LogP contribution is -2.32. The fourth-order valence-electron chi connectivity index (χ4n) is 1.89. The highest BCUT2D eigenvalue weighted by molar-refractivity contribution is 5.89. The van der Waals surface area contributed by atoms with Crippen LogP contribution in [0.15, 0.2) is 54.6 Å². The van der Waals surface area contributed by atoms with Crippen molar-refractivity contribution in [2.24, 2.45) is 0 Å². The van der Waals surface area contributed by atoms with Crippen LogP contribution < -0.4 is 15.4 Å². The highest BCUT2D eigenvalue weighted by Gasteiger charge is 2.00. The molecule has 4 nitrogen and oxygen atoms in total. The highest BCUT2D eigenvalue weighted by atomic mass is 16.5. The smallest absolute Gasteiger partial charge is 0.319 e. The van der Waals surface area contributed by atoms with Crippen molar-refractivity contribution in [2.45, 2.75) is 13.3 Å². The van der Waals surface area contributed by atoms with Crippen LogP contribution in [-0.4, -0.2) is 19.2 Å². The molecule has 0 unspecified atom stereocenters. The number of para-hydroxylation sites is 1. The van der Waals surface area contributed by atoms with Gasteiger partial charge in [-0.3, -0.25) is 0 Å². The van der Waals surface area contributed by atoms with E-state index < -0.39 is 0 Å². The summed E-state index contributed by atoms with van der Waals surface area (Å²) in [6.45, 7) is 3.00. The Morgan fingerprint density at radius 3 is 2.67 bits per heavy atom. The van der Waals surface area contributed by atoms with Crippen molar-refractivity contribution >= 4 is 11.7 Å². The summed E-state index contributed by atoms with van der Waals surface area (Å²) in [4.78, 5) is 11.6. The van der Waals surface area contributed by atoms with E-state index in [0.717, 1.165) is 17.9 Å². The third-order valence-corrected chi connectivity index (χ3v) is 2.99. The Bertz CT molecular complexity index is 570. The van der Waals surface area contributed by atoms with Crippen molar-refractivity contribution in [3.63, 3.8) is 0 Å². The average Bonchev–Trinajstić information content (AvgIpc) is 2.53. The molecule has 2 amide bonds. The summed E-state index contributed by atoms with van der Waals surface area (Å²) in [6.07, 6.45) is 0.981. The lowest BCUT2D eigenvalue weighted by molar-refractivity contribution is 0.247. The molecule has 0 bridgehead atoms. The van der Waals surface area contributed by atoms with Crippen LogP contribution in [0.1, 0.15) is 12.5 Å². The number of benzene rings is 2. The fraction of sp³-hybridized carbons (Fsp3) is 0.235. The van der Waals surface area contributed by atoms with E-state index in [2.05, 4.69) is 23.6 Å². The van der Waals surface area contributed by atoms with Crippen molar-refractivity contribution in [2.75, 3.05) is 18.5 Å². The first kappa shape index (κ1) is 14.9. The Kier molecular flexibility index (Phi) is 5.64. The molecule has 0 saturated carbocycles. The van der Waals surface area contributed by atoms with E-state index in [0.29, 0.717) is 13.2 Å². The minimum absolute atomic E-state index is 0.230. The van der Waals surface area contributed by atoms with E-state index in [9.17, 15) is 4.79 Å². The molecular weight excluding hydrogens is 264 g/mol. The summed E-state index contributed by atoms with van der Waals surface area (Å²) in [5, 5.41) is 5.51. The number of urea groups is 1. The van der Waals surface area contributed by atoms with E-state index in [1.165, 1.54) is 5.56 Å². The van der Waals surface area contributed by atoms with Gasteiger partial charge < -0.3 is 15.4 Å². The highest BCUT2D eigenvalue weighted by Crippen LogP contribution is 2.13.